The van der Waals surface area contributed by atoms with E-state index in [1.807, 2.05) is 0 Å². The van der Waals surface area contributed by atoms with Crippen molar-refractivity contribution in [1.82, 2.24) is 5.32 Å². The summed E-state index contributed by atoms with van der Waals surface area (Å²) >= 11 is 12.0. The summed E-state index contributed by atoms with van der Waals surface area (Å²) in [6.45, 7) is 1.07. The van der Waals surface area contributed by atoms with Crippen LogP contribution in [0.25, 0.3) is 0 Å². The number of anilines is 1. The van der Waals surface area contributed by atoms with Gasteiger partial charge >= 0.3 is 0 Å². The van der Waals surface area contributed by atoms with Crippen LogP contribution in [0.5, 0.6) is 0 Å². The molecule has 108 valence electrons. The Kier molecular flexibility index (Phi) is 5.89. The van der Waals surface area contributed by atoms with Crippen LogP contribution in [0.3, 0.4) is 0 Å². The summed E-state index contributed by atoms with van der Waals surface area (Å²) in [6, 6.07) is 5.14. The van der Waals surface area contributed by atoms with Crippen LogP contribution in [0.4, 0.5) is 5.69 Å². The smallest absolute Gasteiger partial charge is 0.238 e. The molecule has 5 heteroatoms. The second-order valence-electron chi connectivity index (χ2n) is 4.83. The summed E-state index contributed by atoms with van der Waals surface area (Å²) in [5.74, 6) is -0.139. The Morgan fingerprint density at radius 3 is 2.65 bits per heavy atom. The highest BCUT2D eigenvalue weighted by Crippen LogP contribution is 2.29. The lowest BCUT2D eigenvalue weighted by atomic mass is 10.2. The van der Waals surface area contributed by atoms with E-state index in [0.717, 1.165) is 13.0 Å². The fourth-order valence-corrected chi connectivity index (χ4v) is 2.71. The number of halogens is 2. The average molecular weight is 313 g/mol. The molecule has 1 aromatic carbocycles. The van der Waals surface area contributed by atoms with Crippen molar-refractivity contribution in [2.75, 3.05) is 18.4 Å². The van der Waals surface area contributed by atoms with Gasteiger partial charge in [0.15, 0.2) is 0 Å². The predicted octanol–water partition coefficient (Wildman–Crippen LogP) is 4.02. The van der Waals surface area contributed by atoms with Gasteiger partial charge in [0.2, 0.25) is 5.91 Å². The van der Waals surface area contributed by atoms with E-state index in [4.69, 9.17) is 23.2 Å². The largest absolute Gasteiger partial charge is 0.322 e. The SMILES string of the molecule is O=C(CNCCC1=CCCC1)Nc1c(Cl)cccc1Cl. The zero-order chi connectivity index (χ0) is 14.4. The molecule has 3 nitrogen and oxygen atoms in total. The van der Waals surface area contributed by atoms with Gasteiger partial charge in [-0.25, -0.2) is 0 Å². The number of hydrogen-bond donors (Lipinski definition) is 2. The average Bonchev–Trinajstić information content (AvgIpc) is 2.92. The lowest BCUT2D eigenvalue weighted by Gasteiger charge is -2.10. The molecular formula is C15H18Cl2N2O. The molecular weight excluding hydrogens is 295 g/mol. The van der Waals surface area contributed by atoms with Crippen molar-refractivity contribution in [3.63, 3.8) is 0 Å². The molecule has 0 bridgehead atoms. The number of carbonyl (C=O) groups is 1. The molecule has 1 aliphatic rings. The van der Waals surface area contributed by atoms with Crippen molar-refractivity contribution in [3.8, 4) is 0 Å². The quantitative estimate of drug-likeness (QED) is 0.615. The first kappa shape index (κ1) is 15.4. The Morgan fingerprint density at radius 2 is 2.00 bits per heavy atom. The van der Waals surface area contributed by atoms with E-state index in [-0.39, 0.29) is 12.5 Å². The standard InChI is InChI=1S/C15H18Cl2N2O/c16-12-6-3-7-13(17)15(12)19-14(20)10-18-9-8-11-4-1-2-5-11/h3-4,6-7,18H,1-2,5,8-10H2,(H,19,20). The highest BCUT2D eigenvalue weighted by atomic mass is 35.5. The maximum atomic E-state index is 11.8. The van der Waals surface area contributed by atoms with Crippen molar-refractivity contribution in [3.05, 3.63) is 39.9 Å². The fraction of sp³-hybridized carbons (Fsp3) is 0.400. The number of hydrogen-bond acceptors (Lipinski definition) is 2. The van der Waals surface area contributed by atoms with Crippen LogP contribution in [0.1, 0.15) is 25.7 Å². The molecule has 2 N–H and O–H groups in total. The fourth-order valence-electron chi connectivity index (χ4n) is 2.22. The first-order valence-electron chi connectivity index (χ1n) is 6.79. The van der Waals surface area contributed by atoms with Crippen molar-refractivity contribution in [2.24, 2.45) is 0 Å². The molecule has 20 heavy (non-hydrogen) atoms. The van der Waals surface area contributed by atoms with E-state index >= 15 is 0 Å². The van der Waals surface area contributed by atoms with Gasteiger partial charge in [0, 0.05) is 0 Å². The van der Waals surface area contributed by atoms with Crippen molar-refractivity contribution in [2.45, 2.75) is 25.7 Å². The zero-order valence-corrected chi connectivity index (χ0v) is 12.7. The maximum absolute atomic E-state index is 11.8. The third-order valence-corrected chi connectivity index (χ3v) is 3.90. The van der Waals surface area contributed by atoms with Gasteiger partial charge in [0.1, 0.15) is 0 Å². The molecule has 0 saturated carbocycles. The molecule has 1 aliphatic carbocycles. The number of benzene rings is 1. The van der Waals surface area contributed by atoms with E-state index < -0.39 is 0 Å². The molecule has 0 spiro atoms. The lowest BCUT2D eigenvalue weighted by Crippen LogP contribution is -2.29. The summed E-state index contributed by atoms with van der Waals surface area (Å²) in [4.78, 5) is 11.8. The molecule has 0 saturated heterocycles. The van der Waals surface area contributed by atoms with Gasteiger partial charge in [-0.15, -0.1) is 0 Å². The summed E-state index contributed by atoms with van der Waals surface area (Å²) in [6.07, 6.45) is 6.97. The first-order chi connectivity index (χ1) is 9.66. The van der Waals surface area contributed by atoms with Crippen LogP contribution < -0.4 is 10.6 Å². The Bertz CT molecular complexity index is 494. The van der Waals surface area contributed by atoms with Crippen LogP contribution in [-0.2, 0) is 4.79 Å². The van der Waals surface area contributed by atoms with E-state index in [1.165, 1.54) is 24.8 Å². The Labute approximate surface area is 129 Å². The minimum atomic E-state index is -0.139. The Balaban J connectivity index is 1.72. The summed E-state index contributed by atoms with van der Waals surface area (Å²) < 4.78 is 0. The third kappa shape index (κ3) is 4.51. The molecule has 0 fully saturated rings. The topological polar surface area (TPSA) is 41.1 Å². The second kappa shape index (κ2) is 7.67. The second-order valence-corrected chi connectivity index (χ2v) is 5.64. The molecule has 0 radical (unpaired) electrons. The Hall–Kier alpha value is -1.03. The number of amides is 1. The van der Waals surface area contributed by atoms with E-state index in [9.17, 15) is 4.79 Å². The van der Waals surface area contributed by atoms with Crippen molar-refractivity contribution in [1.29, 1.82) is 0 Å². The summed E-state index contributed by atoms with van der Waals surface area (Å²) in [7, 11) is 0. The molecule has 0 heterocycles. The van der Waals surface area contributed by atoms with Gasteiger partial charge in [0.05, 0.1) is 22.3 Å². The van der Waals surface area contributed by atoms with Crippen LogP contribution in [0, 0.1) is 0 Å². The molecule has 2 rings (SSSR count). The molecule has 0 aromatic heterocycles. The van der Waals surface area contributed by atoms with Gasteiger partial charge < -0.3 is 10.6 Å². The van der Waals surface area contributed by atoms with E-state index in [0.29, 0.717) is 15.7 Å². The van der Waals surface area contributed by atoms with Crippen LogP contribution in [-0.4, -0.2) is 19.0 Å². The zero-order valence-electron chi connectivity index (χ0n) is 11.2. The molecule has 1 amide bonds. The highest BCUT2D eigenvalue weighted by molar-refractivity contribution is 6.39. The monoisotopic (exact) mass is 312 g/mol. The molecule has 0 aliphatic heterocycles. The van der Waals surface area contributed by atoms with Gasteiger partial charge in [-0.3, -0.25) is 4.79 Å². The van der Waals surface area contributed by atoms with E-state index in [2.05, 4.69) is 16.7 Å². The van der Waals surface area contributed by atoms with Crippen LogP contribution in [0.15, 0.2) is 29.8 Å². The minimum absolute atomic E-state index is 0.139. The van der Waals surface area contributed by atoms with Crippen molar-refractivity contribution < 1.29 is 4.79 Å². The number of allylic oxidation sites excluding steroid dienone is 1. The first-order valence-corrected chi connectivity index (χ1v) is 7.55. The number of nitrogens with one attached hydrogen (secondary N) is 2. The van der Waals surface area contributed by atoms with Gasteiger partial charge in [0.25, 0.3) is 0 Å². The van der Waals surface area contributed by atoms with E-state index in [1.54, 1.807) is 18.2 Å². The molecule has 0 atom stereocenters. The third-order valence-electron chi connectivity index (χ3n) is 3.27. The molecule has 0 unspecified atom stereocenters. The normalized spacial score (nSPS) is 14.2. The maximum Gasteiger partial charge on any atom is 0.238 e. The Morgan fingerprint density at radius 1 is 1.25 bits per heavy atom. The summed E-state index contributed by atoms with van der Waals surface area (Å²) in [5, 5.41) is 6.75. The summed E-state index contributed by atoms with van der Waals surface area (Å²) in [5.41, 5.74) is 1.97. The van der Waals surface area contributed by atoms with Gasteiger partial charge in [-0.1, -0.05) is 40.9 Å². The highest BCUT2D eigenvalue weighted by Gasteiger charge is 2.09. The molecule has 1 aromatic rings. The lowest BCUT2D eigenvalue weighted by molar-refractivity contribution is -0.115. The number of carbonyl (C=O) groups excluding carboxylic acids is 1. The minimum Gasteiger partial charge on any atom is -0.322 e. The van der Waals surface area contributed by atoms with Crippen LogP contribution in [0.2, 0.25) is 10.0 Å². The van der Waals surface area contributed by atoms with Gasteiger partial charge in [-0.2, -0.15) is 0 Å². The van der Waals surface area contributed by atoms with Gasteiger partial charge in [-0.05, 0) is 44.4 Å². The number of rotatable bonds is 6. The van der Waals surface area contributed by atoms with Crippen LogP contribution >= 0.6 is 23.2 Å². The number of para-hydroxylation sites is 1. The van der Waals surface area contributed by atoms with Crippen molar-refractivity contribution >= 4 is 34.8 Å². The predicted molar refractivity (Wildman–Crippen MR) is 84.5 cm³/mol.